The summed E-state index contributed by atoms with van der Waals surface area (Å²) in [5, 5.41) is 2.02. The second-order valence-electron chi connectivity index (χ2n) is 4.10. The number of rotatable bonds is 6. The highest BCUT2D eigenvalue weighted by Gasteiger charge is 2.18. The fourth-order valence-electron chi connectivity index (χ4n) is 1.72. The van der Waals surface area contributed by atoms with Crippen LogP contribution in [-0.4, -0.2) is 23.4 Å². The van der Waals surface area contributed by atoms with Crippen molar-refractivity contribution in [2.24, 2.45) is 0 Å². The van der Waals surface area contributed by atoms with Crippen molar-refractivity contribution in [2.75, 3.05) is 6.54 Å². The Kier molecular flexibility index (Phi) is 5.53. The van der Waals surface area contributed by atoms with Crippen LogP contribution in [0, 0.1) is 0 Å². The maximum absolute atomic E-state index is 12.1. The molecule has 1 aromatic rings. The lowest BCUT2D eigenvalue weighted by atomic mass is 10.2. The molecule has 1 rings (SSSR count). The second kappa shape index (κ2) is 6.69. The zero-order chi connectivity index (χ0) is 12.0. The quantitative estimate of drug-likeness (QED) is 0.745. The lowest BCUT2D eigenvalue weighted by Gasteiger charge is -2.28. The minimum Gasteiger partial charge on any atom is -0.340 e. The molecule has 1 atom stereocenters. The number of hydrogen-bond acceptors (Lipinski definition) is 2. The normalized spacial score (nSPS) is 12.4. The van der Waals surface area contributed by atoms with Gasteiger partial charge < -0.3 is 4.90 Å². The van der Waals surface area contributed by atoms with E-state index in [9.17, 15) is 4.79 Å². The molecule has 1 amide bonds. The number of hydrogen-bond donors (Lipinski definition) is 0. The molecular weight excluding hydrogens is 218 g/mol. The minimum atomic E-state index is 0.263. The van der Waals surface area contributed by atoms with Gasteiger partial charge in [-0.2, -0.15) is 0 Å². The first-order chi connectivity index (χ1) is 7.69. The van der Waals surface area contributed by atoms with E-state index in [1.165, 1.54) is 0 Å². The number of amides is 1. The van der Waals surface area contributed by atoms with Crippen molar-refractivity contribution >= 4 is 17.2 Å². The third kappa shape index (κ3) is 3.63. The fraction of sp³-hybridized carbons (Fsp3) is 0.615. The Bertz CT molecular complexity index is 308. The van der Waals surface area contributed by atoms with Crippen molar-refractivity contribution in [1.82, 2.24) is 4.90 Å². The maximum Gasteiger partial charge on any atom is 0.228 e. The van der Waals surface area contributed by atoms with Gasteiger partial charge in [-0.15, -0.1) is 11.3 Å². The highest BCUT2D eigenvalue weighted by molar-refractivity contribution is 7.10. The summed E-state index contributed by atoms with van der Waals surface area (Å²) in [4.78, 5) is 15.3. The van der Waals surface area contributed by atoms with Crippen molar-refractivity contribution in [3.05, 3.63) is 22.4 Å². The van der Waals surface area contributed by atoms with E-state index in [1.807, 2.05) is 22.4 Å². The van der Waals surface area contributed by atoms with Gasteiger partial charge in [0.15, 0.2) is 0 Å². The van der Waals surface area contributed by atoms with Gasteiger partial charge in [-0.1, -0.05) is 19.9 Å². The van der Waals surface area contributed by atoms with Crippen LogP contribution in [0.4, 0.5) is 0 Å². The molecule has 1 heterocycles. The first kappa shape index (κ1) is 13.2. The molecule has 3 heteroatoms. The van der Waals surface area contributed by atoms with Gasteiger partial charge in [0.05, 0.1) is 6.42 Å². The zero-order valence-electron chi connectivity index (χ0n) is 10.4. The summed E-state index contributed by atoms with van der Waals surface area (Å²) in [5.74, 6) is 0.263. The average molecular weight is 239 g/mol. The van der Waals surface area contributed by atoms with E-state index in [0.29, 0.717) is 12.5 Å². The lowest BCUT2D eigenvalue weighted by molar-refractivity contribution is -0.132. The Labute approximate surface area is 102 Å². The Morgan fingerprint density at radius 2 is 2.25 bits per heavy atom. The van der Waals surface area contributed by atoms with E-state index in [-0.39, 0.29) is 5.91 Å². The summed E-state index contributed by atoms with van der Waals surface area (Å²) in [6.45, 7) is 7.25. The van der Waals surface area contributed by atoms with Crippen LogP contribution in [0.5, 0.6) is 0 Å². The summed E-state index contributed by atoms with van der Waals surface area (Å²) in [6.07, 6.45) is 2.61. The number of carbonyl (C=O) groups excluding carboxylic acids is 1. The Morgan fingerprint density at radius 3 is 2.75 bits per heavy atom. The highest BCUT2D eigenvalue weighted by atomic mass is 32.1. The van der Waals surface area contributed by atoms with Gasteiger partial charge in [0.1, 0.15) is 0 Å². The molecule has 0 fully saturated rings. The van der Waals surface area contributed by atoms with Crippen LogP contribution < -0.4 is 0 Å². The van der Waals surface area contributed by atoms with Crippen LogP contribution >= 0.6 is 11.3 Å². The van der Waals surface area contributed by atoms with Crippen LogP contribution in [0.1, 0.15) is 38.5 Å². The number of carbonyl (C=O) groups is 1. The highest BCUT2D eigenvalue weighted by Crippen LogP contribution is 2.13. The molecule has 90 valence electrons. The smallest absolute Gasteiger partial charge is 0.228 e. The van der Waals surface area contributed by atoms with Gasteiger partial charge in [0.25, 0.3) is 0 Å². The SMILES string of the molecule is CCCN(C(=O)Cc1cccs1)C(C)CC. The van der Waals surface area contributed by atoms with E-state index in [1.54, 1.807) is 11.3 Å². The summed E-state index contributed by atoms with van der Waals surface area (Å²) >= 11 is 1.66. The molecule has 0 aliphatic rings. The molecule has 0 bridgehead atoms. The molecule has 0 N–H and O–H groups in total. The van der Waals surface area contributed by atoms with Crippen molar-refractivity contribution < 1.29 is 4.79 Å². The monoisotopic (exact) mass is 239 g/mol. The topological polar surface area (TPSA) is 20.3 Å². The first-order valence-electron chi connectivity index (χ1n) is 6.00. The predicted molar refractivity (Wildman–Crippen MR) is 69.8 cm³/mol. The van der Waals surface area contributed by atoms with Crippen LogP contribution in [0.25, 0.3) is 0 Å². The Balaban J connectivity index is 2.60. The van der Waals surface area contributed by atoms with Crippen molar-refractivity contribution in [1.29, 1.82) is 0 Å². The second-order valence-corrected chi connectivity index (χ2v) is 5.13. The first-order valence-corrected chi connectivity index (χ1v) is 6.88. The van der Waals surface area contributed by atoms with Crippen LogP contribution in [0.15, 0.2) is 17.5 Å². The molecular formula is C13H21NOS. The number of thiophene rings is 1. The van der Waals surface area contributed by atoms with E-state index in [4.69, 9.17) is 0 Å². The molecule has 0 saturated heterocycles. The van der Waals surface area contributed by atoms with Crippen molar-refractivity contribution in [3.8, 4) is 0 Å². The zero-order valence-corrected chi connectivity index (χ0v) is 11.2. The van der Waals surface area contributed by atoms with E-state index < -0.39 is 0 Å². The van der Waals surface area contributed by atoms with Gasteiger partial charge in [0.2, 0.25) is 5.91 Å². The molecule has 0 aliphatic heterocycles. The van der Waals surface area contributed by atoms with Gasteiger partial charge >= 0.3 is 0 Å². The molecule has 16 heavy (non-hydrogen) atoms. The molecule has 1 unspecified atom stereocenters. The van der Waals surface area contributed by atoms with Gasteiger partial charge in [0, 0.05) is 17.5 Å². The van der Waals surface area contributed by atoms with Gasteiger partial charge in [-0.05, 0) is 31.2 Å². The van der Waals surface area contributed by atoms with E-state index >= 15 is 0 Å². The van der Waals surface area contributed by atoms with Crippen LogP contribution in [0.2, 0.25) is 0 Å². The Hall–Kier alpha value is -0.830. The maximum atomic E-state index is 12.1. The Morgan fingerprint density at radius 1 is 1.50 bits per heavy atom. The van der Waals surface area contributed by atoms with Crippen molar-refractivity contribution in [3.63, 3.8) is 0 Å². The predicted octanol–water partition coefficient (Wildman–Crippen LogP) is 3.33. The molecule has 0 aliphatic carbocycles. The van der Waals surface area contributed by atoms with E-state index in [0.717, 1.165) is 24.3 Å². The largest absolute Gasteiger partial charge is 0.340 e. The summed E-state index contributed by atoms with van der Waals surface area (Å²) < 4.78 is 0. The minimum absolute atomic E-state index is 0.263. The standard InChI is InChI=1S/C13H21NOS/c1-4-8-14(11(3)5-2)13(15)10-12-7-6-9-16-12/h6-7,9,11H,4-5,8,10H2,1-3H3. The fourth-order valence-corrected chi connectivity index (χ4v) is 2.41. The van der Waals surface area contributed by atoms with Crippen LogP contribution in [0.3, 0.4) is 0 Å². The summed E-state index contributed by atoms with van der Waals surface area (Å²) in [7, 11) is 0. The lowest BCUT2D eigenvalue weighted by Crippen LogP contribution is -2.39. The molecule has 0 spiro atoms. The molecule has 2 nitrogen and oxygen atoms in total. The molecule has 0 saturated carbocycles. The van der Waals surface area contributed by atoms with Gasteiger partial charge in [-0.25, -0.2) is 0 Å². The molecule has 1 aromatic heterocycles. The molecule has 0 aromatic carbocycles. The third-order valence-corrected chi connectivity index (χ3v) is 3.69. The number of nitrogens with zero attached hydrogens (tertiary/aromatic N) is 1. The van der Waals surface area contributed by atoms with Crippen molar-refractivity contribution in [2.45, 2.75) is 46.1 Å². The summed E-state index contributed by atoms with van der Waals surface area (Å²) in [6, 6.07) is 4.39. The van der Waals surface area contributed by atoms with Gasteiger partial charge in [-0.3, -0.25) is 4.79 Å². The van der Waals surface area contributed by atoms with E-state index in [2.05, 4.69) is 20.8 Å². The third-order valence-electron chi connectivity index (χ3n) is 2.81. The van der Waals surface area contributed by atoms with Crippen LogP contribution in [-0.2, 0) is 11.2 Å². The average Bonchev–Trinajstić information content (AvgIpc) is 2.77. The molecule has 0 radical (unpaired) electrons. The summed E-state index contributed by atoms with van der Waals surface area (Å²) in [5.41, 5.74) is 0.